The second-order valence-electron chi connectivity index (χ2n) is 6.33. The summed E-state index contributed by atoms with van der Waals surface area (Å²) in [5.74, 6) is 1.44. The first kappa shape index (κ1) is 15.7. The molecule has 122 valence electrons. The Labute approximate surface area is 137 Å². The topological polar surface area (TPSA) is 57.2 Å². The lowest BCUT2D eigenvalue weighted by Crippen LogP contribution is -2.44. The summed E-state index contributed by atoms with van der Waals surface area (Å²) >= 11 is 0. The normalized spacial score (nSPS) is 15.7. The minimum atomic E-state index is 0.552. The minimum Gasteiger partial charge on any atom is -0.353 e. The summed E-state index contributed by atoms with van der Waals surface area (Å²) in [6.07, 6.45) is 1.74. The maximum Gasteiger partial charge on any atom is 0.249 e. The first-order valence-electron chi connectivity index (χ1n) is 8.01. The Hall–Kier alpha value is -2.21. The van der Waals surface area contributed by atoms with Gasteiger partial charge < -0.3 is 15.1 Å². The Morgan fingerprint density at radius 3 is 2.30 bits per heavy atom. The molecular weight excluding hydrogens is 288 g/mol. The monoisotopic (exact) mass is 312 g/mol. The lowest BCUT2D eigenvalue weighted by atomic mass is 10.1. The molecule has 0 atom stereocenters. The van der Waals surface area contributed by atoms with Gasteiger partial charge in [-0.05, 0) is 38.9 Å². The fraction of sp³-hybridized carbons (Fsp3) is 0.471. The van der Waals surface area contributed by atoms with Gasteiger partial charge in [-0.3, -0.25) is 0 Å². The van der Waals surface area contributed by atoms with E-state index in [1.54, 1.807) is 6.20 Å². The molecule has 1 aromatic carbocycles. The molecule has 0 spiro atoms. The van der Waals surface area contributed by atoms with Gasteiger partial charge in [-0.15, -0.1) is 5.10 Å². The predicted molar refractivity (Wildman–Crippen MR) is 93.5 cm³/mol. The van der Waals surface area contributed by atoms with Crippen LogP contribution in [0.5, 0.6) is 0 Å². The lowest BCUT2D eigenvalue weighted by Gasteiger charge is -2.32. The molecule has 23 heavy (non-hydrogen) atoms. The van der Waals surface area contributed by atoms with Crippen LogP contribution in [0.25, 0.3) is 0 Å². The number of anilines is 3. The van der Waals surface area contributed by atoms with Crippen molar-refractivity contribution in [2.45, 2.75) is 20.8 Å². The van der Waals surface area contributed by atoms with E-state index in [1.807, 2.05) is 0 Å². The Morgan fingerprint density at radius 1 is 1.00 bits per heavy atom. The van der Waals surface area contributed by atoms with Crippen molar-refractivity contribution in [2.24, 2.45) is 0 Å². The van der Waals surface area contributed by atoms with Crippen LogP contribution in [-0.4, -0.2) is 53.3 Å². The van der Waals surface area contributed by atoms with Crippen molar-refractivity contribution in [1.82, 2.24) is 20.1 Å². The molecule has 1 fully saturated rings. The van der Waals surface area contributed by atoms with Crippen LogP contribution in [0.4, 0.5) is 17.5 Å². The molecule has 6 heteroatoms. The van der Waals surface area contributed by atoms with Crippen LogP contribution in [0.15, 0.2) is 18.3 Å². The highest BCUT2D eigenvalue weighted by atomic mass is 15.3. The number of nitrogens with one attached hydrogen (secondary N) is 1. The Bertz CT molecular complexity index is 668. The Morgan fingerprint density at radius 2 is 1.65 bits per heavy atom. The maximum absolute atomic E-state index is 4.64. The molecule has 0 saturated carbocycles. The van der Waals surface area contributed by atoms with E-state index in [2.05, 4.69) is 70.2 Å². The van der Waals surface area contributed by atoms with Gasteiger partial charge in [0.1, 0.15) is 0 Å². The average molecular weight is 312 g/mol. The molecule has 0 aliphatic carbocycles. The van der Waals surface area contributed by atoms with Gasteiger partial charge in [0.2, 0.25) is 5.95 Å². The second kappa shape index (κ2) is 6.50. The number of hydrogen-bond acceptors (Lipinski definition) is 6. The summed E-state index contributed by atoms with van der Waals surface area (Å²) in [6.45, 7) is 10.3. The van der Waals surface area contributed by atoms with Gasteiger partial charge in [-0.25, -0.2) is 0 Å². The van der Waals surface area contributed by atoms with Gasteiger partial charge in [0.05, 0.1) is 6.20 Å². The van der Waals surface area contributed by atoms with Crippen LogP contribution in [0.2, 0.25) is 0 Å². The highest BCUT2D eigenvalue weighted by molar-refractivity contribution is 5.64. The highest BCUT2D eigenvalue weighted by Gasteiger charge is 2.16. The zero-order chi connectivity index (χ0) is 16.4. The molecule has 0 bridgehead atoms. The molecule has 0 unspecified atom stereocenters. The molecule has 1 aliphatic heterocycles. The molecule has 0 radical (unpaired) electrons. The average Bonchev–Trinajstić information content (AvgIpc) is 2.52. The molecule has 6 nitrogen and oxygen atoms in total. The largest absolute Gasteiger partial charge is 0.353 e. The van der Waals surface area contributed by atoms with E-state index in [-0.39, 0.29) is 0 Å². The smallest absolute Gasteiger partial charge is 0.249 e. The standard InChI is InChI=1S/C17H24N6/c1-12-9-13(2)16(14(3)10-12)20-17-19-15(11-18-21-17)23-7-5-22(4)6-8-23/h9-11H,5-8H2,1-4H3,(H,19,20,21). The maximum atomic E-state index is 4.64. The van der Waals surface area contributed by atoms with E-state index in [0.717, 1.165) is 37.7 Å². The third kappa shape index (κ3) is 3.59. The first-order chi connectivity index (χ1) is 11.0. The Kier molecular flexibility index (Phi) is 4.43. The Balaban J connectivity index is 1.81. The van der Waals surface area contributed by atoms with E-state index in [1.165, 1.54) is 16.7 Å². The van der Waals surface area contributed by atoms with Crippen molar-refractivity contribution in [1.29, 1.82) is 0 Å². The zero-order valence-electron chi connectivity index (χ0n) is 14.3. The number of rotatable bonds is 3. The minimum absolute atomic E-state index is 0.552. The third-order valence-electron chi connectivity index (χ3n) is 4.29. The number of benzene rings is 1. The van der Waals surface area contributed by atoms with Crippen molar-refractivity contribution < 1.29 is 0 Å². The first-order valence-corrected chi connectivity index (χ1v) is 8.01. The van der Waals surface area contributed by atoms with Crippen molar-refractivity contribution in [3.63, 3.8) is 0 Å². The van der Waals surface area contributed by atoms with E-state index in [4.69, 9.17) is 0 Å². The summed E-state index contributed by atoms with van der Waals surface area (Å²) in [4.78, 5) is 9.23. The molecule has 1 aromatic heterocycles. The predicted octanol–water partition coefficient (Wildman–Crippen LogP) is 2.29. The molecule has 0 amide bonds. The van der Waals surface area contributed by atoms with E-state index >= 15 is 0 Å². The molecule has 1 N–H and O–H groups in total. The fourth-order valence-corrected chi connectivity index (χ4v) is 3.02. The van der Waals surface area contributed by atoms with Gasteiger partial charge in [0.25, 0.3) is 0 Å². The van der Waals surface area contributed by atoms with Crippen LogP contribution in [0, 0.1) is 20.8 Å². The summed E-state index contributed by atoms with van der Waals surface area (Å²) in [7, 11) is 2.14. The van der Waals surface area contributed by atoms with Crippen LogP contribution < -0.4 is 10.2 Å². The van der Waals surface area contributed by atoms with Crippen molar-refractivity contribution >= 4 is 17.5 Å². The number of nitrogens with zero attached hydrogens (tertiary/aromatic N) is 5. The number of likely N-dealkylation sites (N-methyl/N-ethyl adjacent to an activating group) is 1. The summed E-state index contributed by atoms with van der Waals surface area (Å²) in [6, 6.07) is 4.32. The number of hydrogen-bond donors (Lipinski definition) is 1. The van der Waals surface area contributed by atoms with Crippen LogP contribution in [0.3, 0.4) is 0 Å². The summed E-state index contributed by atoms with van der Waals surface area (Å²) in [5.41, 5.74) is 4.70. The second-order valence-corrected chi connectivity index (χ2v) is 6.33. The van der Waals surface area contributed by atoms with Crippen molar-refractivity contribution in [3.8, 4) is 0 Å². The number of aromatic nitrogens is 3. The van der Waals surface area contributed by atoms with Gasteiger partial charge in [0.15, 0.2) is 5.82 Å². The van der Waals surface area contributed by atoms with Gasteiger partial charge in [-0.2, -0.15) is 10.1 Å². The van der Waals surface area contributed by atoms with E-state index in [0.29, 0.717) is 5.95 Å². The summed E-state index contributed by atoms with van der Waals surface area (Å²) < 4.78 is 0. The fourth-order valence-electron chi connectivity index (χ4n) is 3.02. The molecule has 2 heterocycles. The van der Waals surface area contributed by atoms with Gasteiger partial charge in [0, 0.05) is 31.9 Å². The van der Waals surface area contributed by atoms with Crippen LogP contribution in [0.1, 0.15) is 16.7 Å². The van der Waals surface area contributed by atoms with Crippen molar-refractivity contribution in [3.05, 3.63) is 35.0 Å². The van der Waals surface area contributed by atoms with E-state index < -0.39 is 0 Å². The molecule has 2 aromatic rings. The van der Waals surface area contributed by atoms with Crippen molar-refractivity contribution in [2.75, 3.05) is 43.4 Å². The molecule has 3 rings (SSSR count). The SMILES string of the molecule is Cc1cc(C)c(Nc2nncc(N3CCN(C)CC3)n2)c(C)c1. The van der Waals surface area contributed by atoms with Crippen LogP contribution >= 0.6 is 0 Å². The molecule has 1 aliphatic rings. The third-order valence-corrected chi connectivity index (χ3v) is 4.29. The quantitative estimate of drug-likeness (QED) is 0.938. The van der Waals surface area contributed by atoms with E-state index in [9.17, 15) is 0 Å². The lowest BCUT2D eigenvalue weighted by molar-refractivity contribution is 0.312. The molecule has 1 saturated heterocycles. The van der Waals surface area contributed by atoms with Gasteiger partial charge >= 0.3 is 0 Å². The summed E-state index contributed by atoms with van der Waals surface area (Å²) in [5, 5.41) is 11.6. The zero-order valence-corrected chi connectivity index (χ0v) is 14.3. The number of piperazine rings is 1. The highest BCUT2D eigenvalue weighted by Crippen LogP contribution is 2.25. The van der Waals surface area contributed by atoms with Gasteiger partial charge in [-0.1, -0.05) is 17.7 Å². The number of aryl methyl sites for hydroxylation is 3. The van der Waals surface area contributed by atoms with Crippen LogP contribution in [-0.2, 0) is 0 Å². The molecular formula is C17H24N6.